The lowest BCUT2D eigenvalue weighted by molar-refractivity contribution is -0.679. The number of nitrogens with one attached hydrogen (secondary N) is 1. The first-order chi connectivity index (χ1) is 18.3. The van der Waals surface area contributed by atoms with Gasteiger partial charge in [0.15, 0.2) is 0 Å². The van der Waals surface area contributed by atoms with Gasteiger partial charge in [-0.25, -0.2) is 9.55 Å². The Labute approximate surface area is 234 Å². The Kier molecular flexibility index (Phi) is 24.8. The molecular formula is C35H69N2+. The second kappa shape index (κ2) is 26.8. The lowest BCUT2D eigenvalue weighted by Crippen LogP contribution is -2.32. The summed E-state index contributed by atoms with van der Waals surface area (Å²) in [5, 5.41) is 0. The molecule has 1 N–H and O–H groups in total. The minimum absolute atomic E-state index is 0.723. The summed E-state index contributed by atoms with van der Waals surface area (Å²) in [4.78, 5) is 3.56. The highest BCUT2D eigenvalue weighted by Crippen LogP contribution is 2.26. The van der Waals surface area contributed by atoms with E-state index in [1.807, 2.05) is 0 Å². The summed E-state index contributed by atoms with van der Waals surface area (Å²) in [7, 11) is 2.21. The second-order valence-corrected chi connectivity index (χ2v) is 12.2. The predicted octanol–water partition coefficient (Wildman–Crippen LogP) is 11.9. The quantitative estimate of drug-likeness (QED) is 0.0805. The molecule has 1 rings (SSSR count). The molecule has 2 nitrogen and oxygen atoms in total. The van der Waals surface area contributed by atoms with Gasteiger partial charge >= 0.3 is 0 Å². The molecule has 1 atom stereocenters. The van der Waals surface area contributed by atoms with E-state index in [-0.39, 0.29) is 0 Å². The van der Waals surface area contributed by atoms with Gasteiger partial charge in [-0.2, -0.15) is 0 Å². The van der Waals surface area contributed by atoms with E-state index in [9.17, 15) is 0 Å². The summed E-state index contributed by atoms with van der Waals surface area (Å²) < 4.78 is 2.33. The van der Waals surface area contributed by atoms with Crippen LogP contribution in [0.5, 0.6) is 0 Å². The molecule has 0 bridgehead atoms. The molecule has 0 saturated heterocycles. The monoisotopic (exact) mass is 518 g/mol. The van der Waals surface area contributed by atoms with E-state index in [1.165, 1.54) is 186 Å². The van der Waals surface area contributed by atoms with Crippen molar-refractivity contribution in [2.75, 3.05) is 0 Å². The van der Waals surface area contributed by atoms with Gasteiger partial charge in [-0.15, -0.1) is 0 Å². The van der Waals surface area contributed by atoms with Gasteiger partial charge in [0.05, 0.1) is 13.0 Å². The summed E-state index contributed by atoms with van der Waals surface area (Å²) >= 11 is 0. The standard InChI is InChI=1S/C35H68N2/c1-4-6-8-10-12-14-15-16-17-18-19-20-21-23-25-27-29-31-34(35-36-32-33-37(35)3)30-28-26-24-22-13-11-9-7-5-2/h32-34H,4-31H2,1-3H3/p+1/t34-/m0/s1. The van der Waals surface area contributed by atoms with Crippen molar-refractivity contribution in [3.05, 3.63) is 18.2 Å². The lowest BCUT2D eigenvalue weighted by atomic mass is 9.93. The highest BCUT2D eigenvalue weighted by atomic mass is 15.0. The van der Waals surface area contributed by atoms with Crippen LogP contribution in [0.3, 0.4) is 0 Å². The van der Waals surface area contributed by atoms with Crippen molar-refractivity contribution in [1.82, 2.24) is 4.98 Å². The van der Waals surface area contributed by atoms with Crippen LogP contribution in [0.15, 0.2) is 12.4 Å². The molecule has 218 valence electrons. The third kappa shape index (κ3) is 20.8. The van der Waals surface area contributed by atoms with E-state index >= 15 is 0 Å². The molecule has 0 aromatic carbocycles. The van der Waals surface area contributed by atoms with Crippen molar-refractivity contribution in [2.24, 2.45) is 7.05 Å². The Hall–Kier alpha value is -0.790. The van der Waals surface area contributed by atoms with E-state index < -0.39 is 0 Å². The summed E-state index contributed by atoms with van der Waals surface area (Å²) in [5.41, 5.74) is 0. The van der Waals surface area contributed by atoms with Gasteiger partial charge in [0, 0.05) is 0 Å². The summed E-state index contributed by atoms with van der Waals surface area (Å²) in [6, 6.07) is 0. The molecule has 0 spiro atoms. The smallest absolute Gasteiger partial charge is 0.247 e. The maximum atomic E-state index is 3.56. The lowest BCUT2D eigenvalue weighted by Gasteiger charge is -2.13. The van der Waals surface area contributed by atoms with Crippen molar-refractivity contribution in [3.63, 3.8) is 0 Å². The SMILES string of the molecule is CCCCCCCCCCCCCCCCCCC[C@H](CCCCCCCCCCC)c1[nH]cc[n+]1C. The number of rotatable bonds is 29. The first-order valence-corrected chi connectivity index (χ1v) is 17.3. The molecule has 1 aromatic heterocycles. The molecular weight excluding hydrogens is 448 g/mol. The number of nitrogens with zero attached hydrogens (tertiary/aromatic N) is 1. The Morgan fingerprint density at radius 1 is 0.486 bits per heavy atom. The van der Waals surface area contributed by atoms with Crippen LogP contribution in [0.4, 0.5) is 0 Å². The topological polar surface area (TPSA) is 19.7 Å². The highest BCUT2D eigenvalue weighted by molar-refractivity contribution is 4.89. The molecule has 0 unspecified atom stereocenters. The molecule has 0 aliphatic heterocycles. The predicted molar refractivity (Wildman–Crippen MR) is 165 cm³/mol. The molecule has 1 aromatic rings. The van der Waals surface area contributed by atoms with Crippen LogP contribution < -0.4 is 4.57 Å². The van der Waals surface area contributed by atoms with Crippen molar-refractivity contribution >= 4 is 0 Å². The number of aromatic nitrogens is 2. The molecule has 1 heterocycles. The Balaban J connectivity index is 1.98. The maximum absolute atomic E-state index is 3.56. The van der Waals surface area contributed by atoms with E-state index in [2.05, 4.69) is 42.8 Å². The maximum Gasteiger partial charge on any atom is 0.257 e. The Morgan fingerprint density at radius 3 is 1.05 bits per heavy atom. The number of hydrogen-bond acceptors (Lipinski definition) is 0. The van der Waals surface area contributed by atoms with E-state index in [4.69, 9.17) is 0 Å². The summed E-state index contributed by atoms with van der Waals surface area (Å²) in [5.74, 6) is 2.18. The zero-order valence-corrected chi connectivity index (χ0v) is 26.0. The largest absolute Gasteiger partial charge is 0.257 e. The third-order valence-electron chi connectivity index (χ3n) is 8.61. The fraction of sp³-hybridized carbons (Fsp3) is 0.914. The van der Waals surface area contributed by atoms with Crippen LogP contribution in [0.2, 0.25) is 0 Å². The molecule has 0 amide bonds. The van der Waals surface area contributed by atoms with Gasteiger partial charge in [0.2, 0.25) is 0 Å². The highest BCUT2D eigenvalue weighted by Gasteiger charge is 2.20. The number of hydrogen-bond donors (Lipinski definition) is 1. The van der Waals surface area contributed by atoms with Gasteiger partial charge < -0.3 is 0 Å². The Morgan fingerprint density at radius 2 is 0.784 bits per heavy atom. The molecule has 0 fully saturated rings. The summed E-state index contributed by atoms with van der Waals surface area (Å²) in [6.45, 7) is 4.61. The van der Waals surface area contributed by atoms with Gasteiger partial charge in [0.25, 0.3) is 5.82 Å². The average molecular weight is 518 g/mol. The van der Waals surface area contributed by atoms with Crippen LogP contribution in [0, 0.1) is 0 Å². The normalized spacial score (nSPS) is 12.4. The average Bonchev–Trinajstić information content (AvgIpc) is 3.33. The molecule has 0 aliphatic rings. The zero-order valence-electron chi connectivity index (χ0n) is 26.0. The molecule has 2 heteroatoms. The third-order valence-corrected chi connectivity index (χ3v) is 8.61. The first kappa shape index (κ1) is 34.2. The van der Waals surface area contributed by atoms with Crippen LogP contribution in [-0.2, 0) is 7.05 Å². The van der Waals surface area contributed by atoms with Gasteiger partial charge in [-0.3, -0.25) is 0 Å². The number of imidazole rings is 1. The van der Waals surface area contributed by atoms with Gasteiger partial charge in [-0.1, -0.05) is 181 Å². The number of unbranched alkanes of at least 4 members (excludes halogenated alkanes) is 24. The number of aromatic amines is 1. The minimum atomic E-state index is 0.723. The van der Waals surface area contributed by atoms with E-state index in [1.54, 1.807) is 0 Å². The van der Waals surface area contributed by atoms with Gasteiger partial charge in [-0.05, 0) is 12.8 Å². The Bertz CT molecular complexity index is 563. The van der Waals surface area contributed by atoms with E-state index in [0.717, 1.165) is 5.92 Å². The minimum Gasteiger partial charge on any atom is -0.247 e. The van der Waals surface area contributed by atoms with Gasteiger partial charge in [0.1, 0.15) is 12.4 Å². The molecule has 0 radical (unpaired) electrons. The van der Waals surface area contributed by atoms with Crippen molar-refractivity contribution < 1.29 is 4.57 Å². The van der Waals surface area contributed by atoms with Crippen LogP contribution in [-0.4, -0.2) is 4.98 Å². The number of aryl methyl sites for hydroxylation is 1. The number of H-pyrrole nitrogens is 1. The fourth-order valence-corrected chi connectivity index (χ4v) is 6.06. The van der Waals surface area contributed by atoms with Crippen molar-refractivity contribution in [1.29, 1.82) is 0 Å². The fourth-order valence-electron chi connectivity index (χ4n) is 6.06. The summed E-state index contributed by atoms with van der Waals surface area (Å²) in [6.07, 6.45) is 44.6. The van der Waals surface area contributed by atoms with E-state index in [0.29, 0.717) is 0 Å². The van der Waals surface area contributed by atoms with Crippen LogP contribution in [0.25, 0.3) is 0 Å². The van der Waals surface area contributed by atoms with Crippen molar-refractivity contribution in [3.8, 4) is 0 Å². The van der Waals surface area contributed by atoms with Crippen molar-refractivity contribution in [2.45, 2.75) is 200 Å². The zero-order chi connectivity index (χ0) is 26.7. The molecule has 0 aliphatic carbocycles. The molecule has 37 heavy (non-hydrogen) atoms. The second-order valence-electron chi connectivity index (χ2n) is 12.2. The first-order valence-electron chi connectivity index (χ1n) is 17.3. The molecule has 0 saturated carbocycles. The van der Waals surface area contributed by atoms with Crippen LogP contribution in [0.1, 0.15) is 205 Å². The van der Waals surface area contributed by atoms with Crippen LogP contribution >= 0.6 is 0 Å².